The molecule has 1 atom stereocenters. The summed E-state index contributed by atoms with van der Waals surface area (Å²) in [6.07, 6.45) is 1.87. The first-order valence-electron chi connectivity index (χ1n) is 11.3. The second-order valence-corrected chi connectivity index (χ2v) is 8.64. The van der Waals surface area contributed by atoms with Gasteiger partial charge in [-0.3, -0.25) is 4.90 Å². The molecule has 8 heteroatoms. The lowest BCUT2D eigenvalue weighted by atomic mass is 9.76. The Balaban J connectivity index is 1.55. The van der Waals surface area contributed by atoms with Gasteiger partial charge in [-0.1, -0.05) is 29.4 Å². The SMILES string of the molecule is COc1cc2c3c(c1)-c1c(ccc(OC)c1Oc1nnnn1-c1ccccc1)C[C@H]3N(C)CC2. The van der Waals surface area contributed by atoms with Gasteiger partial charge in [-0.15, -0.1) is 0 Å². The molecule has 0 spiro atoms. The van der Waals surface area contributed by atoms with Gasteiger partial charge in [-0.05, 0) is 82.9 Å². The van der Waals surface area contributed by atoms with Crippen molar-refractivity contribution in [2.75, 3.05) is 27.8 Å². The summed E-state index contributed by atoms with van der Waals surface area (Å²) in [5, 5.41) is 12.2. The van der Waals surface area contributed by atoms with Gasteiger partial charge in [0.25, 0.3) is 0 Å². The van der Waals surface area contributed by atoms with Gasteiger partial charge in [0, 0.05) is 18.2 Å². The minimum absolute atomic E-state index is 0.272. The number of nitrogens with zero attached hydrogens (tertiary/aromatic N) is 5. The van der Waals surface area contributed by atoms with Gasteiger partial charge in [0.15, 0.2) is 11.5 Å². The highest BCUT2D eigenvalue weighted by Crippen LogP contribution is 2.52. The number of tetrazole rings is 1. The molecule has 0 fully saturated rings. The normalized spacial score (nSPS) is 16.5. The van der Waals surface area contributed by atoms with E-state index in [0.717, 1.165) is 42.0 Å². The van der Waals surface area contributed by atoms with E-state index >= 15 is 0 Å². The summed E-state index contributed by atoms with van der Waals surface area (Å²) in [6.45, 7) is 1.02. The second kappa shape index (κ2) is 8.14. The molecule has 0 saturated heterocycles. The Kier molecular flexibility index (Phi) is 4.95. The highest BCUT2D eigenvalue weighted by atomic mass is 16.5. The molecule has 0 radical (unpaired) electrons. The Morgan fingerprint density at radius 3 is 2.62 bits per heavy atom. The van der Waals surface area contributed by atoms with E-state index in [-0.39, 0.29) is 6.01 Å². The van der Waals surface area contributed by atoms with E-state index in [1.54, 1.807) is 18.9 Å². The Morgan fingerprint density at radius 1 is 0.971 bits per heavy atom. The molecule has 1 aromatic heterocycles. The van der Waals surface area contributed by atoms with E-state index in [9.17, 15) is 0 Å². The third-order valence-electron chi connectivity index (χ3n) is 6.82. The highest BCUT2D eigenvalue weighted by Gasteiger charge is 2.36. The summed E-state index contributed by atoms with van der Waals surface area (Å²) in [6, 6.07) is 18.6. The lowest BCUT2D eigenvalue weighted by molar-refractivity contribution is 0.227. The molecule has 1 aliphatic heterocycles. The van der Waals surface area contributed by atoms with Crippen molar-refractivity contribution in [3.8, 4) is 40.1 Å². The van der Waals surface area contributed by atoms with Gasteiger partial charge in [0.2, 0.25) is 0 Å². The molecule has 34 heavy (non-hydrogen) atoms. The standard InChI is InChI=1S/C26H25N5O3/c1-30-12-11-17-13-19(32-2)15-20-23(17)21(30)14-16-9-10-22(33-3)25(24(16)20)34-26-27-28-29-31(26)18-7-5-4-6-8-18/h4-10,13,15,21H,11-12,14H2,1-3H3/t21-/m1/s1. The molecule has 0 unspecified atom stereocenters. The largest absolute Gasteiger partial charge is 0.497 e. The van der Waals surface area contributed by atoms with Crippen molar-refractivity contribution in [3.63, 3.8) is 0 Å². The van der Waals surface area contributed by atoms with E-state index in [1.807, 2.05) is 36.4 Å². The van der Waals surface area contributed by atoms with E-state index in [0.29, 0.717) is 17.5 Å². The van der Waals surface area contributed by atoms with Crippen LogP contribution in [0.2, 0.25) is 0 Å². The first-order chi connectivity index (χ1) is 16.7. The summed E-state index contributed by atoms with van der Waals surface area (Å²) in [5.74, 6) is 2.07. The number of ether oxygens (including phenoxy) is 3. The van der Waals surface area contributed by atoms with Crippen molar-refractivity contribution in [1.29, 1.82) is 0 Å². The molecule has 172 valence electrons. The van der Waals surface area contributed by atoms with E-state index < -0.39 is 0 Å². The van der Waals surface area contributed by atoms with Crippen molar-refractivity contribution in [3.05, 3.63) is 71.3 Å². The Morgan fingerprint density at radius 2 is 1.82 bits per heavy atom. The first-order valence-corrected chi connectivity index (χ1v) is 11.3. The fourth-order valence-electron chi connectivity index (χ4n) is 5.15. The van der Waals surface area contributed by atoms with Crippen molar-refractivity contribution in [2.24, 2.45) is 0 Å². The maximum Gasteiger partial charge on any atom is 0.346 e. The summed E-state index contributed by atoms with van der Waals surface area (Å²) in [5.41, 5.74) is 6.78. The lowest BCUT2D eigenvalue weighted by Crippen LogP contribution is -2.35. The van der Waals surface area contributed by atoms with Gasteiger partial charge >= 0.3 is 6.01 Å². The van der Waals surface area contributed by atoms with Crippen LogP contribution in [0.25, 0.3) is 16.8 Å². The fraction of sp³-hybridized carbons (Fsp3) is 0.269. The average Bonchev–Trinajstić information content (AvgIpc) is 3.34. The van der Waals surface area contributed by atoms with Crippen LogP contribution in [0.5, 0.6) is 23.3 Å². The van der Waals surface area contributed by atoms with Crippen LogP contribution in [0.15, 0.2) is 54.6 Å². The molecule has 0 saturated carbocycles. The predicted molar refractivity (Wildman–Crippen MR) is 127 cm³/mol. The van der Waals surface area contributed by atoms with Gasteiger partial charge in [0.1, 0.15) is 5.75 Å². The van der Waals surface area contributed by atoms with Crippen molar-refractivity contribution < 1.29 is 14.2 Å². The molecule has 1 aliphatic carbocycles. The number of benzene rings is 3. The van der Waals surface area contributed by atoms with E-state index in [1.165, 1.54) is 16.7 Å². The first kappa shape index (κ1) is 20.7. The highest BCUT2D eigenvalue weighted by molar-refractivity contribution is 5.84. The smallest absolute Gasteiger partial charge is 0.346 e. The summed E-state index contributed by atoms with van der Waals surface area (Å²) >= 11 is 0. The molecule has 3 aromatic carbocycles. The monoisotopic (exact) mass is 455 g/mol. The zero-order chi connectivity index (χ0) is 23.2. The number of hydrogen-bond donors (Lipinski definition) is 0. The predicted octanol–water partition coefficient (Wildman–Crippen LogP) is 4.22. The summed E-state index contributed by atoms with van der Waals surface area (Å²) < 4.78 is 19.5. The lowest BCUT2D eigenvalue weighted by Gasteiger charge is -2.40. The minimum Gasteiger partial charge on any atom is -0.497 e. The molecule has 2 heterocycles. The molecule has 8 nitrogen and oxygen atoms in total. The number of rotatable bonds is 5. The van der Waals surface area contributed by atoms with Crippen molar-refractivity contribution >= 4 is 0 Å². The fourth-order valence-corrected chi connectivity index (χ4v) is 5.15. The quantitative estimate of drug-likeness (QED) is 0.446. The summed E-state index contributed by atoms with van der Waals surface area (Å²) in [4.78, 5) is 2.43. The number of likely N-dealkylation sites (N-methyl/N-ethyl adjacent to an activating group) is 1. The van der Waals surface area contributed by atoms with E-state index in [4.69, 9.17) is 14.2 Å². The van der Waals surface area contributed by atoms with Crippen LogP contribution in [0.4, 0.5) is 0 Å². The zero-order valence-corrected chi connectivity index (χ0v) is 19.4. The number of hydrogen-bond acceptors (Lipinski definition) is 7. The third-order valence-corrected chi connectivity index (χ3v) is 6.82. The van der Waals surface area contributed by atoms with Gasteiger partial charge < -0.3 is 14.2 Å². The second-order valence-electron chi connectivity index (χ2n) is 8.64. The molecule has 0 bridgehead atoms. The maximum atomic E-state index is 6.46. The zero-order valence-electron chi connectivity index (χ0n) is 19.4. The molecule has 0 amide bonds. The topological polar surface area (TPSA) is 74.5 Å². The Labute approximate surface area is 197 Å². The average molecular weight is 456 g/mol. The van der Waals surface area contributed by atoms with Gasteiger partial charge in [-0.25, -0.2) is 0 Å². The number of para-hydroxylation sites is 1. The number of aromatic nitrogens is 4. The van der Waals surface area contributed by atoms with Crippen LogP contribution >= 0.6 is 0 Å². The van der Waals surface area contributed by atoms with E-state index in [2.05, 4.69) is 45.7 Å². The van der Waals surface area contributed by atoms with Crippen LogP contribution in [0.3, 0.4) is 0 Å². The Hall–Kier alpha value is -3.91. The van der Waals surface area contributed by atoms with Crippen LogP contribution in [-0.4, -0.2) is 52.9 Å². The maximum absolute atomic E-state index is 6.46. The molecule has 0 N–H and O–H groups in total. The Bertz CT molecular complexity index is 1370. The third kappa shape index (κ3) is 3.21. The molecular formula is C26H25N5O3. The van der Waals surface area contributed by atoms with Gasteiger partial charge in [-0.2, -0.15) is 4.68 Å². The van der Waals surface area contributed by atoms with Gasteiger partial charge in [0.05, 0.1) is 19.9 Å². The number of methoxy groups -OCH3 is 2. The number of fused-ring (bicyclic) bond motifs is 2. The van der Waals surface area contributed by atoms with Crippen LogP contribution in [-0.2, 0) is 12.8 Å². The van der Waals surface area contributed by atoms with Crippen LogP contribution < -0.4 is 14.2 Å². The van der Waals surface area contributed by atoms with Crippen molar-refractivity contribution in [1.82, 2.24) is 25.1 Å². The molecular weight excluding hydrogens is 430 g/mol. The minimum atomic E-state index is 0.272. The summed E-state index contributed by atoms with van der Waals surface area (Å²) in [7, 11) is 5.55. The molecule has 2 aliphatic rings. The molecule has 4 aromatic rings. The van der Waals surface area contributed by atoms with Crippen molar-refractivity contribution in [2.45, 2.75) is 18.9 Å². The van der Waals surface area contributed by atoms with Crippen LogP contribution in [0.1, 0.15) is 22.7 Å². The molecule has 6 rings (SSSR count). The van der Waals surface area contributed by atoms with Crippen LogP contribution in [0, 0.1) is 0 Å².